The maximum absolute atomic E-state index is 11.6. The van der Waals surface area contributed by atoms with Gasteiger partial charge in [-0.25, -0.2) is 4.98 Å². The molecule has 1 aromatic carbocycles. The lowest BCUT2D eigenvalue weighted by molar-refractivity contribution is 0.145. The Hall–Kier alpha value is -1.88. The fraction of sp³-hybridized carbons (Fsp3) is 0.467. The van der Waals surface area contributed by atoms with Crippen LogP contribution >= 0.6 is 0 Å². The number of H-pyrrole nitrogens is 1. The van der Waals surface area contributed by atoms with Gasteiger partial charge in [0.15, 0.2) is 0 Å². The van der Waals surface area contributed by atoms with Crippen LogP contribution in [0.15, 0.2) is 16.9 Å². The summed E-state index contributed by atoms with van der Waals surface area (Å²) in [5.41, 5.74) is 4.21. The number of fused-ring (bicyclic) bond motifs is 1. The van der Waals surface area contributed by atoms with Crippen molar-refractivity contribution in [3.05, 3.63) is 33.7 Å². The van der Waals surface area contributed by atoms with E-state index in [1.165, 1.54) is 0 Å². The number of aliphatic hydroxyl groups is 1. The van der Waals surface area contributed by atoms with Crippen LogP contribution in [0.25, 0.3) is 11.0 Å². The third kappa shape index (κ3) is 2.29. The summed E-state index contributed by atoms with van der Waals surface area (Å²) in [6.07, 6.45) is 1.43. The van der Waals surface area contributed by atoms with Crippen LogP contribution in [0.1, 0.15) is 24.1 Å². The highest BCUT2D eigenvalue weighted by atomic mass is 16.3. The number of aromatic nitrogens is 2. The SMILES string of the molecule is Cc1cc2[nH]c(=O)c(C)nc2cc1N1CCC(O)CC1. The van der Waals surface area contributed by atoms with E-state index in [9.17, 15) is 9.90 Å². The number of aromatic amines is 1. The predicted octanol–water partition coefficient (Wildman–Crippen LogP) is 1.50. The average molecular weight is 273 g/mol. The van der Waals surface area contributed by atoms with Gasteiger partial charge in [0.05, 0.1) is 17.1 Å². The largest absolute Gasteiger partial charge is 0.393 e. The molecule has 0 amide bonds. The van der Waals surface area contributed by atoms with E-state index in [1.807, 2.05) is 19.1 Å². The van der Waals surface area contributed by atoms with Crippen molar-refractivity contribution in [2.24, 2.45) is 0 Å². The second kappa shape index (κ2) is 4.90. The molecule has 2 heterocycles. The number of piperidine rings is 1. The Labute approximate surface area is 117 Å². The molecule has 2 aromatic rings. The maximum Gasteiger partial charge on any atom is 0.269 e. The Balaban J connectivity index is 2.05. The Morgan fingerprint density at radius 3 is 2.70 bits per heavy atom. The highest BCUT2D eigenvalue weighted by molar-refractivity contribution is 5.81. The van der Waals surface area contributed by atoms with Gasteiger partial charge in [0.2, 0.25) is 0 Å². The zero-order valence-corrected chi connectivity index (χ0v) is 11.8. The number of aryl methyl sites for hydroxylation is 2. The van der Waals surface area contributed by atoms with Gasteiger partial charge in [0, 0.05) is 18.8 Å². The molecule has 0 unspecified atom stereocenters. The van der Waals surface area contributed by atoms with Crippen LogP contribution in [0, 0.1) is 13.8 Å². The molecule has 0 aliphatic carbocycles. The molecule has 0 bridgehead atoms. The van der Waals surface area contributed by atoms with E-state index < -0.39 is 0 Å². The second-order valence-electron chi connectivity index (χ2n) is 5.53. The summed E-state index contributed by atoms with van der Waals surface area (Å²) < 4.78 is 0. The van der Waals surface area contributed by atoms with E-state index in [0.717, 1.165) is 48.2 Å². The first-order valence-corrected chi connectivity index (χ1v) is 6.99. The van der Waals surface area contributed by atoms with Gasteiger partial charge in [-0.05, 0) is 44.4 Å². The first-order chi connectivity index (χ1) is 9.54. The molecule has 0 spiro atoms. The molecule has 106 valence electrons. The maximum atomic E-state index is 11.6. The van der Waals surface area contributed by atoms with Gasteiger partial charge in [0.25, 0.3) is 5.56 Å². The zero-order chi connectivity index (χ0) is 14.3. The Morgan fingerprint density at radius 1 is 1.30 bits per heavy atom. The number of hydrogen-bond acceptors (Lipinski definition) is 4. The van der Waals surface area contributed by atoms with Crippen LogP contribution in [0.4, 0.5) is 5.69 Å². The molecule has 1 fully saturated rings. The van der Waals surface area contributed by atoms with Crippen LogP contribution in [0.2, 0.25) is 0 Å². The van der Waals surface area contributed by atoms with Crippen molar-refractivity contribution in [1.82, 2.24) is 9.97 Å². The van der Waals surface area contributed by atoms with Gasteiger partial charge >= 0.3 is 0 Å². The third-order valence-corrected chi connectivity index (χ3v) is 3.98. The van der Waals surface area contributed by atoms with Crippen LogP contribution in [-0.2, 0) is 0 Å². The van der Waals surface area contributed by atoms with Gasteiger partial charge in [-0.2, -0.15) is 0 Å². The average Bonchev–Trinajstić information content (AvgIpc) is 2.41. The van der Waals surface area contributed by atoms with Crippen molar-refractivity contribution < 1.29 is 5.11 Å². The van der Waals surface area contributed by atoms with Gasteiger partial charge in [0.1, 0.15) is 5.69 Å². The summed E-state index contributed by atoms with van der Waals surface area (Å²) in [6.45, 7) is 5.47. The minimum atomic E-state index is -0.177. The normalized spacial score (nSPS) is 16.9. The van der Waals surface area contributed by atoms with Crippen molar-refractivity contribution in [3.63, 3.8) is 0 Å². The number of anilines is 1. The molecule has 3 rings (SSSR count). The number of aliphatic hydroxyl groups excluding tert-OH is 1. The zero-order valence-electron chi connectivity index (χ0n) is 11.8. The first kappa shape index (κ1) is 13.1. The summed E-state index contributed by atoms with van der Waals surface area (Å²) in [5, 5.41) is 9.60. The molecule has 1 aliphatic rings. The predicted molar refractivity (Wildman–Crippen MR) is 79.3 cm³/mol. The molecule has 1 aromatic heterocycles. The summed E-state index contributed by atoms with van der Waals surface area (Å²) in [5.74, 6) is 0. The molecule has 5 heteroatoms. The standard InChI is InChI=1S/C15H19N3O2/c1-9-7-12-13(16-10(2)15(20)17-12)8-14(9)18-5-3-11(19)4-6-18/h7-8,11,19H,3-6H2,1-2H3,(H,17,20). The lowest BCUT2D eigenvalue weighted by atomic mass is 10.0. The van der Waals surface area contributed by atoms with Crippen LogP contribution < -0.4 is 10.5 Å². The van der Waals surface area contributed by atoms with E-state index in [2.05, 4.69) is 14.9 Å². The number of nitrogens with zero attached hydrogens (tertiary/aromatic N) is 2. The molecule has 1 aliphatic heterocycles. The van der Waals surface area contributed by atoms with E-state index in [0.29, 0.717) is 5.69 Å². The monoisotopic (exact) mass is 273 g/mol. The van der Waals surface area contributed by atoms with Crippen molar-refractivity contribution in [3.8, 4) is 0 Å². The highest BCUT2D eigenvalue weighted by Crippen LogP contribution is 2.27. The van der Waals surface area contributed by atoms with Crippen molar-refractivity contribution >= 4 is 16.7 Å². The van der Waals surface area contributed by atoms with Crippen LogP contribution in [0.3, 0.4) is 0 Å². The molecular formula is C15H19N3O2. The summed E-state index contributed by atoms with van der Waals surface area (Å²) in [6, 6.07) is 4.01. The number of hydrogen-bond donors (Lipinski definition) is 2. The van der Waals surface area contributed by atoms with Gasteiger partial charge in [-0.15, -0.1) is 0 Å². The Morgan fingerprint density at radius 2 is 2.00 bits per heavy atom. The lowest BCUT2D eigenvalue weighted by Gasteiger charge is -2.32. The fourth-order valence-electron chi connectivity index (χ4n) is 2.77. The summed E-state index contributed by atoms with van der Waals surface area (Å²) in [7, 11) is 0. The molecule has 0 atom stereocenters. The van der Waals surface area contributed by atoms with E-state index in [1.54, 1.807) is 6.92 Å². The second-order valence-corrected chi connectivity index (χ2v) is 5.53. The lowest BCUT2D eigenvalue weighted by Crippen LogP contribution is -2.36. The first-order valence-electron chi connectivity index (χ1n) is 6.99. The van der Waals surface area contributed by atoms with Crippen LogP contribution in [0.5, 0.6) is 0 Å². The van der Waals surface area contributed by atoms with E-state index in [4.69, 9.17) is 0 Å². The third-order valence-electron chi connectivity index (χ3n) is 3.98. The van der Waals surface area contributed by atoms with Crippen molar-refractivity contribution in [1.29, 1.82) is 0 Å². The molecular weight excluding hydrogens is 254 g/mol. The Bertz CT molecular complexity index is 700. The molecule has 5 nitrogen and oxygen atoms in total. The van der Waals surface area contributed by atoms with Gasteiger partial charge in [-0.3, -0.25) is 4.79 Å². The summed E-state index contributed by atoms with van der Waals surface area (Å²) >= 11 is 0. The number of rotatable bonds is 1. The molecule has 0 saturated carbocycles. The molecule has 2 N–H and O–H groups in total. The molecule has 0 radical (unpaired) electrons. The quantitative estimate of drug-likeness (QED) is 0.826. The van der Waals surface area contributed by atoms with Gasteiger partial charge < -0.3 is 15.0 Å². The highest BCUT2D eigenvalue weighted by Gasteiger charge is 2.19. The Kier molecular flexibility index (Phi) is 3.22. The topological polar surface area (TPSA) is 69.2 Å². The number of benzene rings is 1. The minimum Gasteiger partial charge on any atom is -0.393 e. The van der Waals surface area contributed by atoms with Crippen molar-refractivity contribution in [2.45, 2.75) is 32.8 Å². The van der Waals surface area contributed by atoms with Crippen molar-refractivity contribution in [2.75, 3.05) is 18.0 Å². The van der Waals surface area contributed by atoms with E-state index in [-0.39, 0.29) is 11.7 Å². The summed E-state index contributed by atoms with van der Waals surface area (Å²) in [4.78, 5) is 21.1. The number of nitrogens with one attached hydrogen (secondary N) is 1. The van der Waals surface area contributed by atoms with E-state index >= 15 is 0 Å². The van der Waals surface area contributed by atoms with Crippen LogP contribution in [-0.4, -0.2) is 34.3 Å². The molecule has 20 heavy (non-hydrogen) atoms. The fourth-order valence-corrected chi connectivity index (χ4v) is 2.77. The molecule has 1 saturated heterocycles. The van der Waals surface area contributed by atoms with Gasteiger partial charge in [-0.1, -0.05) is 0 Å². The minimum absolute atomic E-state index is 0.134. The smallest absolute Gasteiger partial charge is 0.269 e.